The highest BCUT2D eigenvalue weighted by atomic mass is 19.1. The van der Waals surface area contributed by atoms with Crippen LogP contribution in [0.25, 0.3) is 0 Å². The zero-order valence-corrected chi connectivity index (χ0v) is 9.57. The van der Waals surface area contributed by atoms with Crippen LogP contribution in [0.1, 0.15) is 26.2 Å². The van der Waals surface area contributed by atoms with E-state index in [0.717, 1.165) is 0 Å². The standard InChI is InChI=1S/C11H14FN3O2/c1-11(12)4-7(5-13)15(6-11)10(17)8-2-3-9(16)14-8/h7-8H,2-4,6H2,1H3,(H,14,16). The minimum atomic E-state index is -1.52. The highest BCUT2D eigenvalue weighted by Crippen LogP contribution is 2.31. The van der Waals surface area contributed by atoms with Gasteiger partial charge in [0.05, 0.1) is 12.6 Å². The van der Waals surface area contributed by atoms with Crippen LogP contribution in [0.2, 0.25) is 0 Å². The molecular formula is C11H14FN3O2. The van der Waals surface area contributed by atoms with Gasteiger partial charge in [-0.1, -0.05) is 0 Å². The van der Waals surface area contributed by atoms with Crippen LogP contribution in [0.5, 0.6) is 0 Å². The van der Waals surface area contributed by atoms with Crippen molar-refractivity contribution in [3.8, 4) is 6.07 Å². The predicted octanol–water partition coefficient (Wildman–Crippen LogP) is 0.118. The maximum atomic E-state index is 13.8. The van der Waals surface area contributed by atoms with E-state index in [-0.39, 0.29) is 24.8 Å². The molecular weight excluding hydrogens is 225 g/mol. The van der Waals surface area contributed by atoms with Crippen LogP contribution in [0.15, 0.2) is 0 Å². The van der Waals surface area contributed by atoms with Crippen molar-refractivity contribution in [1.29, 1.82) is 5.26 Å². The molecule has 2 saturated heterocycles. The Kier molecular flexibility index (Phi) is 2.77. The molecule has 0 spiro atoms. The van der Waals surface area contributed by atoms with Gasteiger partial charge in [0.1, 0.15) is 17.8 Å². The molecule has 3 atom stereocenters. The molecule has 6 heteroatoms. The lowest BCUT2D eigenvalue weighted by Gasteiger charge is -2.23. The fraction of sp³-hybridized carbons (Fsp3) is 0.727. The lowest BCUT2D eigenvalue weighted by atomic mass is 10.1. The Hall–Kier alpha value is -1.64. The topological polar surface area (TPSA) is 73.2 Å². The highest BCUT2D eigenvalue weighted by Gasteiger charge is 2.45. The number of halogens is 1. The smallest absolute Gasteiger partial charge is 0.246 e. The van der Waals surface area contributed by atoms with E-state index in [1.54, 1.807) is 0 Å². The van der Waals surface area contributed by atoms with Gasteiger partial charge >= 0.3 is 0 Å². The fourth-order valence-electron chi connectivity index (χ4n) is 2.39. The molecule has 0 aliphatic carbocycles. The third kappa shape index (κ3) is 2.23. The Labute approximate surface area is 98.6 Å². The van der Waals surface area contributed by atoms with Crippen molar-refractivity contribution in [2.24, 2.45) is 0 Å². The second kappa shape index (κ2) is 3.99. The van der Waals surface area contributed by atoms with Crippen LogP contribution >= 0.6 is 0 Å². The van der Waals surface area contributed by atoms with Crippen LogP contribution in [0.4, 0.5) is 4.39 Å². The largest absolute Gasteiger partial charge is 0.344 e. The zero-order valence-electron chi connectivity index (χ0n) is 9.57. The number of rotatable bonds is 1. The maximum Gasteiger partial charge on any atom is 0.246 e. The summed E-state index contributed by atoms with van der Waals surface area (Å²) < 4.78 is 13.8. The molecule has 2 aliphatic rings. The monoisotopic (exact) mass is 239 g/mol. The summed E-state index contributed by atoms with van der Waals surface area (Å²) in [5, 5.41) is 11.5. The Bertz CT molecular complexity index is 402. The summed E-state index contributed by atoms with van der Waals surface area (Å²) in [6, 6.07) is 0.620. The molecule has 92 valence electrons. The number of carbonyl (C=O) groups is 2. The number of nitrogens with one attached hydrogen (secondary N) is 1. The Morgan fingerprint density at radius 1 is 1.71 bits per heavy atom. The minimum Gasteiger partial charge on any atom is -0.344 e. The van der Waals surface area contributed by atoms with Gasteiger partial charge in [0.25, 0.3) is 0 Å². The van der Waals surface area contributed by atoms with Gasteiger partial charge in [-0.15, -0.1) is 0 Å². The summed E-state index contributed by atoms with van der Waals surface area (Å²) in [5.74, 6) is -0.511. The van der Waals surface area contributed by atoms with Crippen molar-refractivity contribution in [1.82, 2.24) is 10.2 Å². The van der Waals surface area contributed by atoms with E-state index in [9.17, 15) is 14.0 Å². The third-order valence-corrected chi connectivity index (χ3v) is 3.22. The quantitative estimate of drug-likeness (QED) is 0.706. The van der Waals surface area contributed by atoms with Crippen molar-refractivity contribution < 1.29 is 14.0 Å². The van der Waals surface area contributed by atoms with Gasteiger partial charge in [0, 0.05) is 12.8 Å². The average molecular weight is 239 g/mol. The van der Waals surface area contributed by atoms with E-state index in [2.05, 4.69) is 5.32 Å². The molecule has 2 aliphatic heterocycles. The van der Waals surface area contributed by atoms with Crippen molar-refractivity contribution >= 4 is 11.8 Å². The van der Waals surface area contributed by atoms with Crippen LogP contribution < -0.4 is 5.32 Å². The van der Waals surface area contributed by atoms with E-state index < -0.39 is 17.8 Å². The van der Waals surface area contributed by atoms with Crippen molar-refractivity contribution in [2.45, 2.75) is 43.9 Å². The van der Waals surface area contributed by atoms with Gasteiger partial charge in [-0.25, -0.2) is 4.39 Å². The summed E-state index contributed by atoms with van der Waals surface area (Å²) >= 11 is 0. The number of amides is 2. The normalized spacial score (nSPS) is 36.8. The molecule has 2 heterocycles. The molecule has 2 rings (SSSR count). The van der Waals surface area contributed by atoms with Gasteiger partial charge in [-0.2, -0.15) is 5.26 Å². The van der Waals surface area contributed by atoms with Crippen LogP contribution in [-0.4, -0.2) is 41.0 Å². The molecule has 17 heavy (non-hydrogen) atoms. The Morgan fingerprint density at radius 2 is 2.41 bits per heavy atom. The summed E-state index contributed by atoms with van der Waals surface area (Å²) in [6.07, 6.45) is 0.777. The first-order chi connectivity index (χ1) is 7.93. The molecule has 3 unspecified atom stereocenters. The first-order valence-corrected chi connectivity index (χ1v) is 5.61. The van der Waals surface area contributed by atoms with E-state index in [1.165, 1.54) is 11.8 Å². The molecule has 2 amide bonds. The molecule has 0 radical (unpaired) electrons. The van der Waals surface area contributed by atoms with E-state index in [4.69, 9.17) is 5.26 Å². The molecule has 0 aromatic heterocycles. The number of hydrogen-bond donors (Lipinski definition) is 1. The van der Waals surface area contributed by atoms with Gasteiger partial charge in [0.2, 0.25) is 11.8 Å². The number of nitriles is 1. The first-order valence-electron chi connectivity index (χ1n) is 5.61. The molecule has 0 saturated carbocycles. The summed E-state index contributed by atoms with van der Waals surface area (Å²) in [7, 11) is 0. The highest BCUT2D eigenvalue weighted by molar-refractivity contribution is 5.91. The zero-order chi connectivity index (χ0) is 12.6. The summed E-state index contributed by atoms with van der Waals surface area (Å²) in [5.41, 5.74) is -1.52. The number of alkyl halides is 1. The van der Waals surface area contributed by atoms with Gasteiger partial charge in [-0.3, -0.25) is 9.59 Å². The molecule has 0 bridgehead atoms. The number of likely N-dealkylation sites (tertiary alicyclic amines) is 1. The van der Waals surface area contributed by atoms with E-state index >= 15 is 0 Å². The average Bonchev–Trinajstić information content (AvgIpc) is 2.80. The van der Waals surface area contributed by atoms with Crippen molar-refractivity contribution in [2.75, 3.05) is 6.54 Å². The molecule has 0 aromatic carbocycles. The molecule has 5 nitrogen and oxygen atoms in total. The number of carbonyl (C=O) groups excluding carboxylic acids is 2. The van der Waals surface area contributed by atoms with Gasteiger partial charge in [-0.05, 0) is 13.3 Å². The minimum absolute atomic E-state index is 0.0376. The van der Waals surface area contributed by atoms with Crippen LogP contribution in [0, 0.1) is 11.3 Å². The second-order valence-corrected chi connectivity index (χ2v) is 4.89. The van der Waals surface area contributed by atoms with Crippen molar-refractivity contribution in [3.05, 3.63) is 0 Å². The SMILES string of the molecule is CC1(F)CC(C#N)N(C(=O)C2CCC(=O)N2)C1. The van der Waals surface area contributed by atoms with Crippen LogP contribution in [-0.2, 0) is 9.59 Å². The summed E-state index contributed by atoms with van der Waals surface area (Å²) in [4.78, 5) is 24.3. The molecule has 0 aromatic rings. The van der Waals surface area contributed by atoms with E-state index in [1.807, 2.05) is 6.07 Å². The second-order valence-electron chi connectivity index (χ2n) is 4.89. The third-order valence-electron chi connectivity index (χ3n) is 3.22. The Balaban J connectivity index is 2.09. The van der Waals surface area contributed by atoms with Crippen LogP contribution in [0.3, 0.4) is 0 Å². The lowest BCUT2D eigenvalue weighted by Crippen LogP contribution is -2.46. The fourth-order valence-corrected chi connectivity index (χ4v) is 2.39. The number of hydrogen-bond acceptors (Lipinski definition) is 3. The maximum absolute atomic E-state index is 13.8. The summed E-state index contributed by atoms with van der Waals surface area (Å²) in [6.45, 7) is 1.31. The number of nitrogens with zero attached hydrogens (tertiary/aromatic N) is 2. The lowest BCUT2D eigenvalue weighted by molar-refractivity contribution is -0.134. The van der Waals surface area contributed by atoms with Gasteiger partial charge < -0.3 is 10.2 Å². The first kappa shape index (κ1) is 11.8. The van der Waals surface area contributed by atoms with E-state index in [0.29, 0.717) is 12.8 Å². The van der Waals surface area contributed by atoms with Crippen molar-refractivity contribution in [3.63, 3.8) is 0 Å². The predicted molar refractivity (Wildman–Crippen MR) is 56.4 cm³/mol. The Morgan fingerprint density at radius 3 is 2.94 bits per heavy atom. The molecule has 1 N–H and O–H groups in total. The van der Waals surface area contributed by atoms with Gasteiger partial charge in [0.15, 0.2) is 0 Å². The molecule has 2 fully saturated rings.